The Bertz CT molecular complexity index is 164. The van der Waals surface area contributed by atoms with Crippen LogP contribution in [0.15, 0.2) is 22.1 Å². The molecule has 0 fully saturated rings. The van der Waals surface area contributed by atoms with Crippen molar-refractivity contribution in [2.75, 3.05) is 6.54 Å². The molecule has 1 heterocycles. The third-order valence-corrected chi connectivity index (χ3v) is 0.824. The smallest absolute Gasteiger partial charge is 0.215 e. The second-order valence-electron chi connectivity index (χ2n) is 1.59. The predicted octanol–water partition coefficient (Wildman–Crippen LogP) is -0.0583. The highest BCUT2D eigenvalue weighted by atomic mass is 15.0. The lowest BCUT2D eigenvalue weighted by Crippen LogP contribution is -2.13. The summed E-state index contributed by atoms with van der Waals surface area (Å²) in [6.45, 7) is 4.23. The van der Waals surface area contributed by atoms with Crippen molar-refractivity contribution < 1.29 is 0 Å². The summed E-state index contributed by atoms with van der Waals surface area (Å²) in [6.07, 6.45) is 1.63. The van der Waals surface area contributed by atoms with Crippen molar-refractivity contribution in [3.8, 4) is 0 Å². The Kier molecular flexibility index (Phi) is 1.12. The van der Waals surface area contributed by atoms with Gasteiger partial charge < -0.3 is 5.73 Å². The lowest BCUT2D eigenvalue weighted by molar-refractivity contribution is 1.17. The number of nitrogens with two attached hydrogens (primary N) is 1. The summed E-state index contributed by atoms with van der Waals surface area (Å²) in [4.78, 5) is 7.52. The van der Waals surface area contributed by atoms with Crippen LogP contribution in [0.1, 0.15) is 0 Å². The quantitative estimate of drug-likeness (QED) is 0.465. The highest BCUT2D eigenvalue weighted by Crippen LogP contribution is 1.92. The molecule has 0 aromatic heterocycles. The molecule has 8 heavy (non-hydrogen) atoms. The fourth-order valence-corrected chi connectivity index (χ4v) is 0.422. The Morgan fingerprint density at radius 3 is 2.88 bits per heavy atom. The zero-order chi connectivity index (χ0) is 5.98. The number of rotatable bonds is 0. The van der Waals surface area contributed by atoms with Crippen molar-refractivity contribution >= 4 is 12.2 Å². The number of hydrogen-bond donors (Lipinski definition) is 1. The standard InChI is InChI=1S/C5H7N3/c1-4-2-7-5(6)8-3-4/h2H,1,3H2,(H2,6,8). The van der Waals surface area contributed by atoms with Gasteiger partial charge in [0.15, 0.2) is 0 Å². The zero-order valence-electron chi connectivity index (χ0n) is 4.46. The minimum absolute atomic E-state index is 0.345. The highest BCUT2D eigenvalue weighted by Gasteiger charge is 1.94. The molecule has 0 aromatic carbocycles. The van der Waals surface area contributed by atoms with Gasteiger partial charge in [-0.2, -0.15) is 0 Å². The molecule has 42 valence electrons. The van der Waals surface area contributed by atoms with Gasteiger partial charge >= 0.3 is 0 Å². The molecule has 0 spiro atoms. The first kappa shape index (κ1) is 5.03. The molecule has 1 aliphatic rings. The van der Waals surface area contributed by atoms with Gasteiger partial charge in [0.25, 0.3) is 0 Å². The van der Waals surface area contributed by atoms with Crippen molar-refractivity contribution in [1.29, 1.82) is 0 Å². The number of guanidine groups is 1. The summed E-state index contributed by atoms with van der Waals surface area (Å²) in [6, 6.07) is 0. The summed E-state index contributed by atoms with van der Waals surface area (Å²) in [5.41, 5.74) is 6.11. The molecule has 2 N–H and O–H groups in total. The van der Waals surface area contributed by atoms with E-state index in [-0.39, 0.29) is 0 Å². The van der Waals surface area contributed by atoms with Gasteiger partial charge in [-0.25, -0.2) is 9.98 Å². The Morgan fingerprint density at radius 2 is 2.50 bits per heavy atom. The largest absolute Gasteiger partial charge is 0.368 e. The van der Waals surface area contributed by atoms with E-state index in [1.807, 2.05) is 0 Å². The summed E-state index contributed by atoms with van der Waals surface area (Å²) in [7, 11) is 0. The van der Waals surface area contributed by atoms with Gasteiger partial charge in [-0.05, 0) is 5.57 Å². The Hall–Kier alpha value is -1.12. The van der Waals surface area contributed by atoms with Crippen LogP contribution in [-0.4, -0.2) is 18.7 Å². The monoisotopic (exact) mass is 109 g/mol. The molecule has 0 bridgehead atoms. The minimum Gasteiger partial charge on any atom is -0.368 e. The Balaban J connectivity index is 2.71. The first-order chi connectivity index (χ1) is 3.79. The number of nitrogens with zero attached hydrogens (tertiary/aromatic N) is 2. The third-order valence-electron chi connectivity index (χ3n) is 0.824. The van der Waals surface area contributed by atoms with Crippen LogP contribution in [-0.2, 0) is 0 Å². The second-order valence-corrected chi connectivity index (χ2v) is 1.59. The Labute approximate surface area is 47.6 Å². The van der Waals surface area contributed by atoms with E-state index in [9.17, 15) is 0 Å². The average Bonchev–Trinajstić information content (AvgIpc) is 1.77. The van der Waals surface area contributed by atoms with E-state index >= 15 is 0 Å². The lowest BCUT2D eigenvalue weighted by Gasteiger charge is -1.99. The topological polar surface area (TPSA) is 50.7 Å². The second kappa shape index (κ2) is 1.78. The Morgan fingerprint density at radius 1 is 1.75 bits per heavy atom. The van der Waals surface area contributed by atoms with Gasteiger partial charge in [0, 0.05) is 6.21 Å². The molecule has 1 aliphatic heterocycles. The van der Waals surface area contributed by atoms with Crippen LogP contribution in [0.2, 0.25) is 0 Å². The van der Waals surface area contributed by atoms with Crippen LogP contribution in [0.3, 0.4) is 0 Å². The first-order valence-electron chi connectivity index (χ1n) is 2.31. The van der Waals surface area contributed by atoms with Crippen molar-refractivity contribution in [2.45, 2.75) is 0 Å². The third kappa shape index (κ3) is 0.932. The highest BCUT2D eigenvalue weighted by molar-refractivity contribution is 5.94. The summed E-state index contributed by atoms with van der Waals surface area (Å²) >= 11 is 0. The van der Waals surface area contributed by atoms with Crippen LogP contribution < -0.4 is 5.73 Å². The molecule has 0 radical (unpaired) electrons. The van der Waals surface area contributed by atoms with E-state index < -0.39 is 0 Å². The van der Waals surface area contributed by atoms with Crippen molar-refractivity contribution in [3.05, 3.63) is 12.2 Å². The fraction of sp³-hybridized carbons (Fsp3) is 0.200. The zero-order valence-corrected chi connectivity index (χ0v) is 4.46. The minimum atomic E-state index is 0.345. The van der Waals surface area contributed by atoms with Crippen molar-refractivity contribution in [3.63, 3.8) is 0 Å². The maximum absolute atomic E-state index is 5.21. The molecule has 0 unspecified atom stereocenters. The molecule has 0 aromatic rings. The molecule has 1 rings (SSSR count). The van der Waals surface area contributed by atoms with E-state index in [2.05, 4.69) is 16.6 Å². The van der Waals surface area contributed by atoms with Crippen LogP contribution in [0.25, 0.3) is 0 Å². The van der Waals surface area contributed by atoms with E-state index in [1.54, 1.807) is 6.21 Å². The van der Waals surface area contributed by atoms with E-state index in [1.165, 1.54) is 0 Å². The molecular formula is C5H7N3. The van der Waals surface area contributed by atoms with Crippen LogP contribution in [0, 0.1) is 0 Å². The summed E-state index contributed by atoms with van der Waals surface area (Å²) < 4.78 is 0. The molecular weight excluding hydrogens is 102 g/mol. The summed E-state index contributed by atoms with van der Waals surface area (Å²) in [5, 5.41) is 0. The molecule has 0 saturated carbocycles. The fourth-order valence-electron chi connectivity index (χ4n) is 0.422. The number of hydrogen-bond acceptors (Lipinski definition) is 3. The molecule has 0 saturated heterocycles. The van der Waals surface area contributed by atoms with Crippen LogP contribution >= 0.6 is 0 Å². The van der Waals surface area contributed by atoms with Gasteiger partial charge in [-0.3, -0.25) is 0 Å². The number of aliphatic imine (C=N–C) groups is 2. The van der Waals surface area contributed by atoms with Gasteiger partial charge in [-0.15, -0.1) is 0 Å². The van der Waals surface area contributed by atoms with E-state index in [4.69, 9.17) is 5.73 Å². The molecule has 3 heteroatoms. The van der Waals surface area contributed by atoms with Crippen molar-refractivity contribution in [2.24, 2.45) is 15.7 Å². The molecule has 0 amide bonds. The van der Waals surface area contributed by atoms with Crippen LogP contribution in [0.5, 0.6) is 0 Å². The molecule has 0 aliphatic carbocycles. The van der Waals surface area contributed by atoms with Gasteiger partial charge in [0.2, 0.25) is 5.96 Å². The van der Waals surface area contributed by atoms with Crippen LogP contribution in [0.4, 0.5) is 0 Å². The van der Waals surface area contributed by atoms with E-state index in [0.29, 0.717) is 12.5 Å². The van der Waals surface area contributed by atoms with Gasteiger partial charge in [0.05, 0.1) is 6.54 Å². The lowest BCUT2D eigenvalue weighted by atomic mass is 10.3. The molecule has 3 nitrogen and oxygen atoms in total. The average molecular weight is 109 g/mol. The maximum Gasteiger partial charge on any atom is 0.215 e. The normalized spacial score (nSPS) is 18.5. The van der Waals surface area contributed by atoms with Crippen molar-refractivity contribution in [1.82, 2.24) is 0 Å². The molecule has 0 atom stereocenters. The SMILES string of the molecule is C=C1C=NC(N)=NC1. The van der Waals surface area contributed by atoms with E-state index in [0.717, 1.165) is 5.57 Å². The summed E-state index contributed by atoms with van der Waals surface area (Å²) in [5.74, 6) is 0.345. The van der Waals surface area contributed by atoms with Gasteiger partial charge in [-0.1, -0.05) is 6.58 Å². The maximum atomic E-state index is 5.21. The predicted molar refractivity (Wildman–Crippen MR) is 34.1 cm³/mol. The van der Waals surface area contributed by atoms with Gasteiger partial charge in [0.1, 0.15) is 0 Å². The first-order valence-corrected chi connectivity index (χ1v) is 2.31.